The molecule has 0 aliphatic carbocycles. The van der Waals surface area contributed by atoms with Gasteiger partial charge in [-0.15, -0.1) is 0 Å². The molecule has 0 saturated carbocycles. The van der Waals surface area contributed by atoms with E-state index in [1.165, 1.54) is 22.3 Å². The molecule has 3 nitrogen and oxygen atoms in total. The van der Waals surface area contributed by atoms with Gasteiger partial charge in [0.25, 0.3) is 0 Å². The number of benzene rings is 2. The molecule has 2 heterocycles. The fraction of sp³-hybridized carbons (Fsp3) is 0.0870. The molecule has 0 fully saturated rings. The number of fused-ring (bicyclic) bond motifs is 1. The van der Waals surface area contributed by atoms with E-state index in [1.807, 2.05) is 28.8 Å². The van der Waals surface area contributed by atoms with Crippen LogP contribution in [0.5, 0.6) is 0 Å². The van der Waals surface area contributed by atoms with E-state index in [4.69, 9.17) is 0 Å². The summed E-state index contributed by atoms with van der Waals surface area (Å²) in [6.45, 7) is 0. The van der Waals surface area contributed by atoms with Crippen LogP contribution in [0.1, 0.15) is 21.5 Å². The zero-order valence-corrected chi connectivity index (χ0v) is 14.3. The van der Waals surface area contributed by atoms with Crippen LogP contribution in [-0.2, 0) is 12.8 Å². The Bertz CT molecular complexity index is 1050. The average Bonchev–Trinajstić information content (AvgIpc) is 3.10. The van der Waals surface area contributed by atoms with Crippen molar-refractivity contribution in [3.63, 3.8) is 0 Å². The van der Waals surface area contributed by atoms with Gasteiger partial charge in [-0.2, -0.15) is 0 Å². The van der Waals surface area contributed by atoms with Crippen molar-refractivity contribution in [1.82, 2.24) is 4.40 Å². The molecule has 0 unspecified atom stereocenters. The highest BCUT2D eigenvalue weighted by atomic mass is 16.4. The molecule has 128 valence electrons. The normalized spacial score (nSPS) is 10.9. The Hall–Kier alpha value is -3.33. The van der Waals surface area contributed by atoms with Gasteiger partial charge in [-0.25, -0.2) is 4.79 Å². The molecule has 3 heteroatoms. The minimum atomic E-state index is -0.892. The molecule has 0 amide bonds. The van der Waals surface area contributed by atoms with Crippen LogP contribution in [0.2, 0.25) is 0 Å². The Morgan fingerprint density at radius 1 is 0.808 bits per heavy atom. The lowest BCUT2D eigenvalue weighted by Crippen LogP contribution is -1.98. The molecule has 0 atom stereocenters. The third kappa shape index (κ3) is 3.24. The number of rotatable bonds is 5. The van der Waals surface area contributed by atoms with Crippen LogP contribution >= 0.6 is 0 Å². The monoisotopic (exact) mass is 341 g/mol. The van der Waals surface area contributed by atoms with Crippen molar-refractivity contribution in [2.75, 3.05) is 0 Å². The van der Waals surface area contributed by atoms with E-state index in [-0.39, 0.29) is 0 Å². The Kier molecular flexibility index (Phi) is 4.28. The molecule has 4 rings (SSSR count). The third-order valence-electron chi connectivity index (χ3n) is 4.74. The van der Waals surface area contributed by atoms with E-state index in [9.17, 15) is 9.90 Å². The lowest BCUT2D eigenvalue weighted by Gasteiger charge is -2.05. The van der Waals surface area contributed by atoms with Crippen molar-refractivity contribution in [1.29, 1.82) is 0 Å². The van der Waals surface area contributed by atoms with Crippen LogP contribution in [0.15, 0.2) is 85.2 Å². The second-order valence-corrected chi connectivity index (χ2v) is 6.42. The summed E-state index contributed by atoms with van der Waals surface area (Å²) >= 11 is 0. The largest absolute Gasteiger partial charge is 0.478 e. The number of hydrogen-bond donors (Lipinski definition) is 1. The average molecular weight is 341 g/mol. The standard InChI is InChI=1S/C23H19NO2/c25-23(26)21-13-15-24-14-12-20(22(24)16-21)11-8-17-6-9-19(10-7-17)18-4-2-1-3-5-18/h1-7,9-10,12-16H,8,11H2,(H,25,26). The smallest absolute Gasteiger partial charge is 0.335 e. The van der Waals surface area contributed by atoms with Crippen molar-refractivity contribution < 1.29 is 9.90 Å². The van der Waals surface area contributed by atoms with Gasteiger partial charge in [-0.05, 0) is 53.3 Å². The molecule has 2 aromatic heterocycles. The zero-order chi connectivity index (χ0) is 17.9. The molecule has 0 bridgehead atoms. The zero-order valence-electron chi connectivity index (χ0n) is 14.3. The molecule has 4 aromatic rings. The molecule has 1 N–H and O–H groups in total. The van der Waals surface area contributed by atoms with Crippen molar-refractivity contribution >= 4 is 11.5 Å². The number of carbonyl (C=O) groups is 1. The number of carboxylic acid groups (broad SMARTS) is 1. The van der Waals surface area contributed by atoms with E-state index >= 15 is 0 Å². The first-order valence-electron chi connectivity index (χ1n) is 8.68. The number of hydrogen-bond acceptors (Lipinski definition) is 1. The van der Waals surface area contributed by atoms with Gasteiger partial charge in [0.05, 0.1) is 5.56 Å². The molecule has 2 aromatic carbocycles. The van der Waals surface area contributed by atoms with Crippen molar-refractivity contribution in [2.45, 2.75) is 12.8 Å². The molecule has 0 spiro atoms. The first-order valence-corrected chi connectivity index (χ1v) is 8.68. The van der Waals surface area contributed by atoms with E-state index in [2.05, 4.69) is 42.5 Å². The van der Waals surface area contributed by atoms with E-state index in [0.717, 1.165) is 18.4 Å². The molecule has 0 aliphatic heterocycles. The lowest BCUT2D eigenvalue weighted by molar-refractivity contribution is 0.0697. The first kappa shape index (κ1) is 16.2. The van der Waals surface area contributed by atoms with Crippen molar-refractivity contribution in [2.24, 2.45) is 0 Å². The van der Waals surface area contributed by atoms with Crippen LogP contribution in [0.4, 0.5) is 0 Å². The van der Waals surface area contributed by atoms with Crippen LogP contribution in [0, 0.1) is 0 Å². The topological polar surface area (TPSA) is 41.7 Å². The highest BCUT2D eigenvalue weighted by Gasteiger charge is 2.08. The number of aryl methyl sites for hydroxylation is 2. The van der Waals surface area contributed by atoms with Gasteiger partial charge in [-0.1, -0.05) is 54.6 Å². The van der Waals surface area contributed by atoms with Crippen molar-refractivity contribution in [3.05, 3.63) is 102 Å². The van der Waals surface area contributed by atoms with E-state index < -0.39 is 5.97 Å². The van der Waals surface area contributed by atoms with Crippen LogP contribution < -0.4 is 0 Å². The maximum absolute atomic E-state index is 11.2. The summed E-state index contributed by atoms with van der Waals surface area (Å²) in [4.78, 5) is 11.2. The van der Waals surface area contributed by atoms with Gasteiger partial charge in [0.2, 0.25) is 0 Å². The third-order valence-corrected chi connectivity index (χ3v) is 4.74. The summed E-state index contributed by atoms with van der Waals surface area (Å²) in [6.07, 6.45) is 5.59. The molecular formula is C23H19NO2. The van der Waals surface area contributed by atoms with Gasteiger partial charge < -0.3 is 9.51 Å². The van der Waals surface area contributed by atoms with E-state index in [0.29, 0.717) is 5.56 Å². The Morgan fingerprint density at radius 3 is 2.23 bits per heavy atom. The van der Waals surface area contributed by atoms with E-state index in [1.54, 1.807) is 18.3 Å². The fourth-order valence-corrected chi connectivity index (χ4v) is 3.27. The lowest BCUT2D eigenvalue weighted by atomic mass is 10.0. The Morgan fingerprint density at radius 2 is 1.50 bits per heavy atom. The van der Waals surface area contributed by atoms with Crippen LogP contribution in [0.25, 0.3) is 16.6 Å². The summed E-state index contributed by atoms with van der Waals surface area (Å²) in [5, 5.41) is 9.19. The summed E-state index contributed by atoms with van der Waals surface area (Å²) < 4.78 is 1.97. The molecule has 0 radical (unpaired) electrons. The predicted octanol–water partition coefficient (Wildman–Crippen LogP) is 5.09. The maximum atomic E-state index is 11.2. The SMILES string of the molecule is O=C(O)c1ccn2ccc(CCc3ccc(-c4ccccc4)cc3)c2c1. The molecule has 0 saturated heterocycles. The van der Waals surface area contributed by atoms with Crippen LogP contribution in [-0.4, -0.2) is 15.5 Å². The van der Waals surface area contributed by atoms with Crippen molar-refractivity contribution in [3.8, 4) is 11.1 Å². The second-order valence-electron chi connectivity index (χ2n) is 6.42. The number of aromatic nitrogens is 1. The minimum Gasteiger partial charge on any atom is -0.478 e. The highest BCUT2D eigenvalue weighted by molar-refractivity contribution is 5.89. The van der Waals surface area contributed by atoms with Gasteiger partial charge in [0.1, 0.15) is 0 Å². The van der Waals surface area contributed by atoms with Crippen LogP contribution in [0.3, 0.4) is 0 Å². The predicted molar refractivity (Wildman–Crippen MR) is 104 cm³/mol. The van der Waals surface area contributed by atoms with Gasteiger partial charge in [-0.3, -0.25) is 0 Å². The molecular weight excluding hydrogens is 322 g/mol. The summed E-state index contributed by atoms with van der Waals surface area (Å²) in [5.74, 6) is -0.892. The Balaban J connectivity index is 1.51. The molecule has 0 aliphatic rings. The highest BCUT2D eigenvalue weighted by Crippen LogP contribution is 2.21. The summed E-state index contributed by atoms with van der Waals surface area (Å²) in [5.41, 5.74) is 6.17. The number of pyridine rings is 1. The van der Waals surface area contributed by atoms with Gasteiger partial charge in [0.15, 0.2) is 0 Å². The second kappa shape index (κ2) is 6.89. The summed E-state index contributed by atoms with van der Waals surface area (Å²) in [6, 6.07) is 24.4. The quantitative estimate of drug-likeness (QED) is 0.549. The number of nitrogens with zero attached hydrogens (tertiary/aromatic N) is 1. The molecule has 26 heavy (non-hydrogen) atoms. The Labute approximate surface area is 152 Å². The first-order chi connectivity index (χ1) is 12.7. The van der Waals surface area contributed by atoms with Gasteiger partial charge >= 0.3 is 5.97 Å². The fourth-order valence-electron chi connectivity index (χ4n) is 3.27. The minimum absolute atomic E-state index is 0.324. The number of aromatic carboxylic acids is 1. The van der Waals surface area contributed by atoms with Gasteiger partial charge in [0, 0.05) is 17.9 Å². The summed E-state index contributed by atoms with van der Waals surface area (Å²) in [7, 11) is 0. The maximum Gasteiger partial charge on any atom is 0.335 e. The number of carboxylic acids is 1.